The van der Waals surface area contributed by atoms with Crippen LogP contribution in [0.5, 0.6) is 11.5 Å². The predicted molar refractivity (Wildman–Crippen MR) is 116 cm³/mol. The Balaban J connectivity index is 1.41. The third-order valence-corrected chi connectivity index (χ3v) is 5.33. The summed E-state index contributed by atoms with van der Waals surface area (Å²) in [6, 6.07) is 14.7. The van der Waals surface area contributed by atoms with Crippen LogP contribution >= 0.6 is 11.3 Å². The van der Waals surface area contributed by atoms with Crippen LogP contribution in [0.3, 0.4) is 0 Å². The molecule has 0 aliphatic carbocycles. The molecule has 1 aromatic heterocycles. The number of amides is 2. The molecule has 8 heteroatoms. The summed E-state index contributed by atoms with van der Waals surface area (Å²) >= 11 is 1.12. The van der Waals surface area contributed by atoms with Crippen molar-refractivity contribution in [3.8, 4) is 11.5 Å². The average molecular weight is 421 g/mol. The zero-order valence-corrected chi connectivity index (χ0v) is 17.0. The smallest absolute Gasteiger partial charge is 0.267 e. The lowest BCUT2D eigenvalue weighted by molar-refractivity contribution is -0.111. The molecule has 0 unspecified atom stereocenters. The van der Waals surface area contributed by atoms with Crippen molar-refractivity contribution in [3.05, 3.63) is 70.7 Å². The Kier molecular flexibility index (Phi) is 5.76. The number of hydrogen-bond donors (Lipinski definition) is 2. The summed E-state index contributed by atoms with van der Waals surface area (Å²) in [5, 5.41) is 5.89. The second kappa shape index (κ2) is 8.79. The number of carbonyl (C=O) groups excluding carboxylic acids is 2. The molecular formula is C22H19N3O4S. The first kappa shape index (κ1) is 19.7. The van der Waals surface area contributed by atoms with E-state index in [1.807, 2.05) is 30.3 Å². The van der Waals surface area contributed by atoms with Crippen molar-refractivity contribution in [2.75, 3.05) is 23.8 Å². The highest BCUT2D eigenvalue weighted by Crippen LogP contribution is 2.33. The molecule has 4 rings (SSSR count). The molecule has 0 spiro atoms. The maximum absolute atomic E-state index is 12.7. The van der Waals surface area contributed by atoms with Crippen molar-refractivity contribution < 1.29 is 19.1 Å². The number of anilines is 2. The van der Waals surface area contributed by atoms with E-state index in [1.54, 1.807) is 31.2 Å². The Morgan fingerprint density at radius 3 is 2.60 bits per heavy atom. The minimum atomic E-state index is -0.314. The third-order valence-electron chi connectivity index (χ3n) is 4.26. The summed E-state index contributed by atoms with van der Waals surface area (Å²) in [5.74, 6) is 0.633. The topological polar surface area (TPSA) is 89.6 Å². The van der Waals surface area contributed by atoms with Crippen LogP contribution in [0.2, 0.25) is 0 Å². The van der Waals surface area contributed by atoms with Crippen molar-refractivity contribution in [2.24, 2.45) is 0 Å². The third kappa shape index (κ3) is 4.66. The Labute approximate surface area is 177 Å². The van der Waals surface area contributed by atoms with E-state index in [-0.39, 0.29) is 11.8 Å². The van der Waals surface area contributed by atoms with Gasteiger partial charge in [0.25, 0.3) is 5.91 Å². The number of hydrogen-bond acceptors (Lipinski definition) is 6. The second-order valence-corrected chi connectivity index (χ2v) is 7.48. The Morgan fingerprint density at radius 1 is 1.03 bits per heavy atom. The number of benzene rings is 2. The average Bonchev–Trinajstić information content (AvgIpc) is 3.13. The van der Waals surface area contributed by atoms with Crippen molar-refractivity contribution in [1.82, 2.24) is 4.98 Å². The zero-order chi connectivity index (χ0) is 20.9. The summed E-state index contributed by atoms with van der Waals surface area (Å²) < 4.78 is 11.0. The molecule has 1 aliphatic rings. The first-order valence-electron chi connectivity index (χ1n) is 9.31. The van der Waals surface area contributed by atoms with E-state index in [1.165, 1.54) is 6.08 Å². The second-order valence-electron chi connectivity index (χ2n) is 6.48. The number of ether oxygens (including phenoxy) is 2. The van der Waals surface area contributed by atoms with Crippen LogP contribution in [0.15, 0.2) is 54.6 Å². The van der Waals surface area contributed by atoms with Crippen LogP contribution in [0.25, 0.3) is 6.08 Å². The highest BCUT2D eigenvalue weighted by molar-refractivity contribution is 7.17. The molecule has 3 aromatic rings. The maximum atomic E-state index is 12.7. The van der Waals surface area contributed by atoms with E-state index >= 15 is 0 Å². The normalized spacial score (nSPS) is 12.6. The SMILES string of the molecule is Cc1nc(NC(=O)C=Cc2ccccc2)sc1C(=O)Nc1ccc2c(c1)OCCO2. The Hall–Kier alpha value is -3.65. The fourth-order valence-electron chi connectivity index (χ4n) is 2.85. The first-order chi connectivity index (χ1) is 14.6. The van der Waals surface area contributed by atoms with Crippen molar-refractivity contribution in [1.29, 1.82) is 0 Å². The van der Waals surface area contributed by atoms with Crippen LogP contribution in [0.4, 0.5) is 10.8 Å². The largest absolute Gasteiger partial charge is 0.486 e. The van der Waals surface area contributed by atoms with Gasteiger partial charge in [-0.3, -0.25) is 14.9 Å². The minimum Gasteiger partial charge on any atom is -0.486 e. The first-order valence-corrected chi connectivity index (χ1v) is 10.1. The number of aryl methyl sites for hydroxylation is 1. The monoisotopic (exact) mass is 421 g/mol. The van der Waals surface area contributed by atoms with Crippen molar-refractivity contribution in [3.63, 3.8) is 0 Å². The molecule has 1 aliphatic heterocycles. The van der Waals surface area contributed by atoms with Gasteiger partial charge in [0.15, 0.2) is 16.6 Å². The van der Waals surface area contributed by atoms with Gasteiger partial charge in [-0.1, -0.05) is 41.7 Å². The minimum absolute atomic E-state index is 0.304. The summed E-state index contributed by atoms with van der Waals surface area (Å²) in [7, 11) is 0. The van der Waals surface area contributed by atoms with Gasteiger partial charge in [-0.05, 0) is 30.7 Å². The van der Waals surface area contributed by atoms with E-state index in [9.17, 15) is 9.59 Å². The lowest BCUT2D eigenvalue weighted by atomic mass is 10.2. The molecule has 152 valence electrons. The van der Waals surface area contributed by atoms with Crippen LogP contribution in [-0.4, -0.2) is 30.0 Å². The standard InChI is InChI=1S/C22H19N3O4S/c1-14-20(21(27)24-16-8-9-17-18(13-16)29-12-11-28-17)30-22(23-14)25-19(26)10-7-15-5-3-2-4-6-15/h2-10,13H,11-12H2,1H3,(H,24,27)(H,23,25,26). The van der Waals surface area contributed by atoms with Gasteiger partial charge in [0.2, 0.25) is 5.91 Å². The summed E-state index contributed by atoms with van der Waals surface area (Å²) in [5.41, 5.74) is 2.05. The number of carbonyl (C=O) groups is 2. The van der Waals surface area contributed by atoms with E-state index < -0.39 is 0 Å². The number of aromatic nitrogens is 1. The van der Waals surface area contributed by atoms with Crippen molar-refractivity contribution >= 4 is 40.0 Å². The number of nitrogens with zero attached hydrogens (tertiary/aromatic N) is 1. The Bertz CT molecular complexity index is 1110. The molecule has 0 bridgehead atoms. The van der Waals surface area contributed by atoms with Gasteiger partial charge in [-0.2, -0.15) is 0 Å². The quantitative estimate of drug-likeness (QED) is 0.605. The molecule has 2 aromatic carbocycles. The molecule has 2 amide bonds. The molecule has 2 N–H and O–H groups in total. The fraction of sp³-hybridized carbons (Fsp3) is 0.136. The fourth-order valence-corrected chi connectivity index (χ4v) is 3.72. The van der Waals surface area contributed by atoms with Gasteiger partial charge < -0.3 is 14.8 Å². The highest BCUT2D eigenvalue weighted by Gasteiger charge is 2.18. The molecule has 0 saturated heterocycles. The van der Waals surface area contributed by atoms with Gasteiger partial charge in [0, 0.05) is 17.8 Å². The van der Waals surface area contributed by atoms with Gasteiger partial charge in [-0.25, -0.2) is 4.98 Å². The molecule has 7 nitrogen and oxygen atoms in total. The molecule has 0 saturated carbocycles. The van der Waals surface area contributed by atoms with Gasteiger partial charge >= 0.3 is 0 Å². The van der Waals surface area contributed by atoms with Gasteiger partial charge in [0.1, 0.15) is 18.1 Å². The van der Waals surface area contributed by atoms with E-state index in [2.05, 4.69) is 15.6 Å². The van der Waals surface area contributed by atoms with Crippen LogP contribution in [-0.2, 0) is 4.79 Å². The van der Waals surface area contributed by atoms with E-state index in [4.69, 9.17) is 9.47 Å². The predicted octanol–water partition coefficient (Wildman–Crippen LogP) is 4.13. The maximum Gasteiger partial charge on any atom is 0.267 e. The van der Waals surface area contributed by atoms with Gasteiger partial charge in [0.05, 0.1) is 5.69 Å². The van der Waals surface area contributed by atoms with E-state index in [0.29, 0.717) is 46.1 Å². The Morgan fingerprint density at radius 2 is 1.80 bits per heavy atom. The molecule has 0 fully saturated rings. The number of nitrogens with one attached hydrogen (secondary N) is 2. The lowest BCUT2D eigenvalue weighted by Gasteiger charge is -2.18. The summed E-state index contributed by atoms with van der Waals surface area (Å²) in [4.78, 5) is 29.5. The molecule has 0 radical (unpaired) electrons. The molecular weight excluding hydrogens is 402 g/mol. The summed E-state index contributed by atoms with van der Waals surface area (Å²) in [6.07, 6.45) is 3.15. The van der Waals surface area contributed by atoms with Crippen LogP contribution in [0, 0.1) is 6.92 Å². The highest BCUT2D eigenvalue weighted by atomic mass is 32.1. The van der Waals surface area contributed by atoms with Gasteiger partial charge in [-0.15, -0.1) is 0 Å². The zero-order valence-electron chi connectivity index (χ0n) is 16.2. The van der Waals surface area contributed by atoms with Crippen molar-refractivity contribution in [2.45, 2.75) is 6.92 Å². The molecule has 2 heterocycles. The molecule has 0 atom stereocenters. The van der Waals surface area contributed by atoms with E-state index in [0.717, 1.165) is 16.9 Å². The summed E-state index contributed by atoms with van der Waals surface area (Å²) in [6.45, 7) is 2.71. The molecule has 30 heavy (non-hydrogen) atoms. The van der Waals surface area contributed by atoms with Crippen LogP contribution in [0.1, 0.15) is 20.9 Å². The lowest BCUT2D eigenvalue weighted by Crippen LogP contribution is -2.16. The van der Waals surface area contributed by atoms with Crippen LogP contribution < -0.4 is 20.1 Å². The number of rotatable bonds is 5. The number of thiazole rings is 1. The number of fused-ring (bicyclic) bond motifs is 1.